The van der Waals surface area contributed by atoms with E-state index in [0.717, 1.165) is 5.56 Å². The number of nitrogens with one attached hydrogen (secondary N) is 1. The summed E-state index contributed by atoms with van der Waals surface area (Å²) in [5.41, 5.74) is 1.05. The molecule has 0 radical (unpaired) electrons. The van der Waals surface area contributed by atoms with Crippen molar-refractivity contribution in [1.82, 2.24) is 0 Å². The molecule has 11 heteroatoms. The van der Waals surface area contributed by atoms with Gasteiger partial charge in [0, 0.05) is 34.5 Å². The Morgan fingerprint density at radius 1 is 0.930 bits per heavy atom. The first kappa shape index (κ1) is 28.0. The molecule has 1 spiro atoms. The van der Waals surface area contributed by atoms with Gasteiger partial charge in [-0.2, -0.15) is 0 Å². The molecule has 0 bridgehead atoms. The fraction of sp³-hybridized carbons (Fsp3) is 0.188. The summed E-state index contributed by atoms with van der Waals surface area (Å²) in [4.78, 5) is 49.6. The van der Waals surface area contributed by atoms with Crippen LogP contribution in [0.4, 0.5) is 17.1 Å². The van der Waals surface area contributed by atoms with E-state index in [1.54, 1.807) is 30.3 Å². The average Bonchev–Trinajstić information content (AvgIpc) is 3.28. The third-order valence-corrected chi connectivity index (χ3v) is 8.64. The predicted octanol–water partition coefficient (Wildman–Crippen LogP) is 7.21. The molecule has 4 aromatic rings. The maximum atomic E-state index is 13.9. The Kier molecular flexibility index (Phi) is 7.15. The number of hydrogen-bond acceptors (Lipinski definition) is 7. The van der Waals surface area contributed by atoms with E-state index in [2.05, 4.69) is 5.32 Å². The van der Waals surface area contributed by atoms with Crippen molar-refractivity contribution >= 4 is 40.5 Å². The SMILES string of the molecule is O=C(OC1CC(c2ccccc2)CCC12C(=O)Nc1cc(-c3ccc(Cl)cc3)c([N+](=O)[O-])cc12)c1ccc([N+](=O)[O-])cc1. The molecule has 1 N–H and O–H groups in total. The van der Waals surface area contributed by atoms with Crippen LogP contribution < -0.4 is 5.32 Å². The van der Waals surface area contributed by atoms with E-state index in [0.29, 0.717) is 40.2 Å². The standard InChI is InChI=1S/C32H24ClN3O7/c33-23-10-6-20(7-11-23)25-17-27-26(18-28(25)36(41)42)32(31(38)34-27)15-14-22(19-4-2-1-3-5-19)16-29(32)43-30(37)21-8-12-24(13-9-21)35(39)40/h1-13,17-18,22,29H,14-16H2,(H,34,38). The lowest BCUT2D eigenvalue weighted by Gasteiger charge is -2.42. The highest BCUT2D eigenvalue weighted by atomic mass is 35.5. The number of hydrogen-bond donors (Lipinski definition) is 1. The van der Waals surface area contributed by atoms with Crippen molar-refractivity contribution in [2.75, 3.05) is 5.32 Å². The lowest BCUT2D eigenvalue weighted by atomic mass is 9.64. The third-order valence-electron chi connectivity index (χ3n) is 8.39. The van der Waals surface area contributed by atoms with Crippen LogP contribution in [-0.4, -0.2) is 27.8 Å². The minimum atomic E-state index is -1.37. The second kappa shape index (κ2) is 11.0. The van der Waals surface area contributed by atoms with Gasteiger partial charge < -0.3 is 10.1 Å². The van der Waals surface area contributed by atoms with Crippen LogP contribution in [0.15, 0.2) is 91.0 Å². The van der Waals surface area contributed by atoms with Gasteiger partial charge in [-0.05, 0) is 66.6 Å². The summed E-state index contributed by atoms with van der Waals surface area (Å²) in [6.45, 7) is 0. The van der Waals surface area contributed by atoms with Gasteiger partial charge in [0.05, 0.1) is 21.0 Å². The zero-order chi connectivity index (χ0) is 30.3. The van der Waals surface area contributed by atoms with Crippen LogP contribution in [0.25, 0.3) is 11.1 Å². The molecule has 0 aromatic heterocycles. The number of carbonyl (C=O) groups excluding carboxylic acids is 2. The van der Waals surface area contributed by atoms with Crippen molar-refractivity contribution in [2.24, 2.45) is 0 Å². The molecule has 3 atom stereocenters. The van der Waals surface area contributed by atoms with Crippen molar-refractivity contribution in [1.29, 1.82) is 0 Å². The van der Waals surface area contributed by atoms with Gasteiger partial charge in [0.25, 0.3) is 11.4 Å². The number of non-ortho nitro benzene ring substituents is 1. The Hall–Kier alpha value is -5.09. The van der Waals surface area contributed by atoms with E-state index >= 15 is 0 Å². The van der Waals surface area contributed by atoms with Crippen LogP contribution in [0.1, 0.15) is 46.7 Å². The molecule has 1 amide bonds. The fourth-order valence-electron chi connectivity index (χ4n) is 6.23. The van der Waals surface area contributed by atoms with E-state index in [9.17, 15) is 29.8 Å². The first-order valence-electron chi connectivity index (χ1n) is 13.6. The molecule has 1 heterocycles. The second-order valence-corrected chi connectivity index (χ2v) is 11.1. The molecule has 1 fully saturated rings. The molecule has 3 unspecified atom stereocenters. The van der Waals surface area contributed by atoms with E-state index in [1.807, 2.05) is 30.3 Å². The smallest absolute Gasteiger partial charge is 0.338 e. The first-order valence-corrected chi connectivity index (χ1v) is 14.0. The number of amides is 1. The molecule has 1 aliphatic heterocycles. The first-order chi connectivity index (χ1) is 20.7. The number of carbonyl (C=O) groups is 2. The van der Waals surface area contributed by atoms with Crippen molar-refractivity contribution < 1.29 is 24.2 Å². The third kappa shape index (κ3) is 4.99. The van der Waals surface area contributed by atoms with Crippen molar-refractivity contribution in [3.63, 3.8) is 0 Å². The molecule has 4 aromatic carbocycles. The molecular weight excluding hydrogens is 574 g/mol. The second-order valence-electron chi connectivity index (χ2n) is 10.7. The number of esters is 1. The van der Waals surface area contributed by atoms with Gasteiger partial charge in [-0.3, -0.25) is 25.0 Å². The minimum absolute atomic E-state index is 0.0401. The predicted molar refractivity (Wildman–Crippen MR) is 159 cm³/mol. The highest BCUT2D eigenvalue weighted by Crippen LogP contribution is 2.54. The molecule has 43 heavy (non-hydrogen) atoms. The maximum Gasteiger partial charge on any atom is 0.338 e. The summed E-state index contributed by atoms with van der Waals surface area (Å²) < 4.78 is 6.07. The maximum absolute atomic E-state index is 13.9. The number of nitro benzene ring substituents is 2. The Bertz CT molecular complexity index is 1760. The highest BCUT2D eigenvalue weighted by molar-refractivity contribution is 6.30. The summed E-state index contributed by atoms with van der Waals surface area (Å²) in [6.07, 6.45) is 0.176. The molecule has 10 nitrogen and oxygen atoms in total. The number of halogens is 1. The van der Waals surface area contributed by atoms with E-state index in [1.165, 1.54) is 30.3 Å². The molecule has 2 aliphatic rings. The number of ether oxygens (including phenoxy) is 1. The number of rotatable bonds is 6. The quantitative estimate of drug-likeness (QED) is 0.141. The van der Waals surface area contributed by atoms with Gasteiger partial charge in [0.2, 0.25) is 5.91 Å². The van der Waals surface area contributed by atoms with Crippen LogP contribution >= 0.6 is 11.6 Å². The summed E-state index contributed by atoms with van der Waals surface area (Å²) in [5, 5.41) is 26.8. The van der Waals surface area contributed by atoms with Crippen LogP contribution in [0.3, 0.4) is 0 Å². The zero-order valence-corrected chi connectivity index (χ0v) is 23.3. The minimum Gasteiger partial charge on any atom is -0.457 e. The van der Waals surface area contributed by atoms with E-state index in [-0.39, 0.29) is 29.3 Å². The van der Waals surface area contributed by atoms with Crippen molar-refractivity contribution in [3.05, 3.63) is 133 Å². The lowest BCUT2D eigenvalue weighted by molar-refractivity contribution is -0.384. The van der Waals surface area contributed by atoms with Crippen molar-refractivity contribution in [2.45, 2.75) is 36.7 Å². The van der Waals surface area contributed by atoms with Crippen molar-refractivity contribution in [3.8, 4) is 11.1 Å². The molecule has 1 aliphatic carbocycles. The Balaban J connectivity index is 1.44. The van der Waals surface area contributed by atoms with Gasteiger partial charge in [0.1, 0.15) is 11.5 Å². The van der Waals surface area contributed by atoms with Gasteiger partial charge in [-0.25, -0.2) is 4.79 Å². The summed E-state index contributed by atoms with van der Waals surface area (Å²) in [5.74, 6) is -1.19. The molecule has 0 saturated heterocycles. The summed E-state index contributed by atoms with van der Waals surface area (Å²) in [7, 11) is 0. The number of nitro groups is 2. The molecule has 1 saturated carbocycles. The Morgan fingerprint density at radius 2 is 1.63 bits per heavy atom. The topological polar surface area (TPSA) is 142 Å². The number of fused-ring (bicyclic) bond motifs is 2. The zero-order valence-electron chi connectivity index (χ0n) is 22.6. The summed E-state index contributed by atoms with van der Waals surface area (Å²) in [6, 6.07) is 24.3. The van der Waals surface area contributed by atoms with Gasteiger partial charge >= 0.3 is 5.97 Å². The molecule has 6 rings (SSSR count). The summed E-state index contributed by atoms with van der Waals surface area (Å²) >= 11 is 6.03. The largest absolute Gasteiger partial charge is 0.457 e. The average molecular weight is 598 g/mol. The lowest BCUT2D eigenvalue weighted by Crippen LogP contribution is -2.51. The number of anilines is 1. The van der Waals surface area contributed by atoms with Crippen LogP contribution in [0, 0.1) is 20.2 Å². The van der Waals surface area contributed by atoms with Crippen LogP contribution in [0.5, 0.6) is 0 Å². The Morgan fingerprint density at radius 3 is 2.28 bits per heavy atom. The number of nitrogens with zero attached hydrogens (tertiary/aromatic N) is 2. The molecular formula is C32H24ClN3O7. The molecule has 216 valence electrons. The van der Waals surface area contributed by atoms with Gasteiger partial charge in [-0.1, -0.05) is 54.1 Å². The fourth-order valence-corrected chi connectivity index (χ4v) is 6.36. The van der Waals surface area contributed by atoms with Gasteiger partial charge in [0.15, 0.2) is 0 Å². The highest BCUT2D eigenvalue weighted by Gasteiger charge is 2.57. The normalized spacial score (nSPS) is 20.7. The van der Waals surface area contributed by atoms with Gasteiger partial charge in [-0.15, -0.1) is 0 Å². The number of benzene rings is 4. The van der Waals surface area contributed by atoms with Crippen LogP contribution in [-0.2, 0) is 14.9 Å². The van der Waals surface area contributed by atoms with E-state index < -0.39 is 33.2 Å². The van der Waals surface area contributed by atoms with Crippen LogP contribution in [0.2, 0.25) is 5.02 Å². The Labute approximate surface area is 250 Å². The monoisotopic (exact) mass is 597 g/mol. The van der Waals surface area contributed by atoms with E-state index in [4.69, 9.17) is 16.3 Å².